The highest BCUT2D eigenvalue weighted by Crippen LogP contribution is 2.28. The molecule has 1 saturated heterocycles. The SMILES string of the molecule is Cc1cc(C)n(CCNC(=O)[C@H]2O[C@@H](n3ccc(N)nc3=O)[C@H](O)[C@@H]2O)n1. The molecular formula is C16H22N6O5. The second-order valence-corrected chi connectivity index (χ2v) is 6.41. The van der Waals surface area contributed by atoms with E-state index in [1.807, 2.05) is 19.9 Å². The quantitative estimate of drug-likeness (QED) is 0.468. The highest BCUT2D eigenvalue weighted by Gasteiger charge is 2.47. The van der Waals surface area contributed by atoms with E-state index in [9.17, 15) is 19.8 Å². The van der Waals surface area contributed by atoms with E-state index in [1.165, 1.54) is 12.3 Å². The number of carbonyl (C=O) groups excluding carboxylic acids is 1. The minimum absolute atomic E-state index is 0.0164. The van der Waals surface area contributed by atoms with Crippen LogP contribution in [0.3, 0.4) is 0 Å². The van der Waals surface area contributed by atoms with Crippen molar-refractivity contribution in [3.05, 3.63) is 40.2 Å². The normalized spacial score (nSPS) is 24.9. The van der Waals surface area contributed by atoms with Gasteiger partial charge in [0.1, 0.15) is 18.0 Å². The van der Waals surface area contributed by atoms with E-state index in [4.69, 9.17) is 10.5 Å². The van der Waals surface area contributed by atoms with Gasteiger partial charge in [-0.3, -0.25) is 14.0 Å². The van der Waals surface area contributed by atoms with Gasteiger partial charge in [0, 0.05) is 18.4 Å². The molecule has 2 aromatic rings. The molecule has 1 aliphatic rings. The van der Waals surface area contributed by atoms with Gasteiger partial charge in [0.05, 0.1) is 12.2 Å². The maximum atomic E-state index is 12.3. The number of nitrogens with two attached hydrogens (primary N) is 1. The molecule has 1 fully saturated rings. The lowest BCUT2D eigenvalue weighted by Gasteiger charge is -2.16. The van der Waals surface area contributed by atoms with Crippen LogP contribution in [-0.4, -0.2) is 60.3 Å². The van der Waals surface area contributed by atoms with Crippen molar-refractivity contribution >= 4 is 11.7 Å². The lowest BCUT2D eigenvalue weighted by atomic mass is 10.1. The highest BCUT2D eigenvalue weighted by atomic mass is 16.6. The first kappa shape index (κ1) is 19.0. The summed E-state index contributed by atoms with van der Waals surface area (Å²) in [6, 6.07) is 3.27. The molecule has 1 aliphatic heterocycles. The highest BCUT2D eigenvalue weighted by molar-refractivity contribution is 5.81. The number of ether oxygens (including phenoxy) is 1. The standard InChI is InChI=1S/C16H22N6O5/c1-8-7-9(2)22(20-8)6-4-18-14(25)13-11(23)12(24)15(27-13)21-5-3-10(17)19-16(21)26/h3,5,7,11-13,15,23-24H,4,6H2,1-2H3,(H,18,25)(H2,17,19,26)/t11-,12+,13-,15+/m0/s1. The van der Waals surface area contributed by atoms with Crippen LogP contribution in [0.2, 0.25) is 0 Å². The smallest absolute Gasteiger partial charge is 0.351 e. The molecule has 0 spiro atoms. The second-order valence-electron chi connectivity index (χ2n) is 6.41. The molecule has 4 atom stereocenters. The van der Waals surface area contributed by atoms with E-state index in [2.05, 4.69) is 15.4 Å². The average molecular weight is 378 g/mol. The van der Waals surface area contributed by atoms with Crippen molar-refractivity contribution < 1.29 is 19.7 Å². The van der Waals surface area contributed by atoms with Gasteiger partial charge >= 0.3 is 5.69 Å². The Hall–Kier alpha value is -2.76. The molecule has 0 saturated carbocycles. The topological polar surface area (TPSA) is 158 Å². The third-order valence-corrected chi connectivity index (χ3v) is 4.35. The zero-order chi connectivity index (χ0) is 19.7. The number of carbonyl (C=O) groups is 1. The second kappa shape index (κ2) is 7.47. The van der Waals surface area contributed by atoms with Crippen molar-refractivity contribution in [3.63, 3.8) is 0 Å². The number of hydrogen-bond acceptors (Lipinski definition) is 8. The average Bonchev–Trinajstić information content (AvgIpc) is 3.07. The number of rotatable bonds is 5. The summed E-state index contributed by atoms with van der Waals surface area (Å²) in [6.07, 6.45) is -4.25. The fourth-order valence-electron chi connectivity index (χ4n) is 3.01. The molecule has 0 radical (unpaired) electrons. The predicted octanol–water partition coefficient (Wildman–Crippen LogP) is -1.93. The van der Waals surface area contributed by atoms with Crippen LogP contribution < -0.4 is 16.7 Å². The van der Waals surface area contributed by atoms with Crippen molar-refractivity contribution in [1.82, 2.24) is 24.6 Å². The van der Waals surface area contributed by atoms with E-state index in [1.54, 1.807) is 4.68 Å². The summed E-state index contributed by atoms with van der Waals surface area (Å²) >= 11 is 0. The molecule has 2 aromatic heterocycles. The maximum absolute atomic E-state index is 12.3. The Labute approximate surface area is 154 Å². The van der Waals surface area contributed by atoms with Gasteiger partial charge in [0.25, 0.3) is 5.91 Å². The monoisotopic (exact) mass is 378 g/mol. The Morgan fingerprint density at radius 3 is 2.74 bits per heavy atom. The fourth-order valence-corrected chi connectivity index (χ4v) is 3.01. The molecule has 3 rings (SSSR count). The van der Waals surface area contributed by atoms with Crippen LogP contribution in [0.1, 0.15) is 17.6 Å². The van der Waals surface area contributed by atoms with E-state index < -0.39 is 36.1 Å². The van der Waals surface area contributed by atoms with Gasteiger partial charge in [0.2, 0.25) is 0 Å². The fraction of sp³-hybridized carbons (Fsp3) is 0.500. The summed E-state index contributed by atoms with van der Waals surface area (Å²) in [6.45, 7) is 4.49. The molecule has 11 nitrogen and oxygen atoms in total. The molecule has 1 amide bonds. The maximum Gasteiger partial charge on any atom is 0.351 e. The predicted molar refractivity (Wildman–Crippen MR) is 93.5 cm³/mol. The minimum Gasteiger partial charge on any atom is -0.387 e. The molecular weight excluding hydrogens is 356 g/mol. The van der Waals surface area contributed by atoms with Crippen LogP contribution in [0.5, 0.6) is 0 Å². The van der Waals surface area contributed by atoms with Gasteiger partial charge in [-0.25, -0.2) is 4.79 Å². The molecule has 5 N–H and O–H groups in total. The number of aliphatic hydroxyl groups excluding tert-OH is 2. The lowest BCUT2D eigenvalue weighted by Crippen LogP contribution is -2.43. The Kier molecular flexibility index (Phi) is 5.26. The Balaban J connectivity index is 1.63. The summed E-state index contributed by atoms with van der Waals surface area (Å²) in [4.78, 5) is 27.8. The van der Waals surface area contributed by atoms with Crippen LogP contribution in [0.15, 0.2) is 23.1 Å². The van der Waals surface area contributed by atoms with Gasteiger partial charge < -0.3 is 26.0 Å². The summed E-state index contributed by atoms with van der Waals surface area (Å²) in [7, 11) is 0. The van der Waals surface area contributed by atoms with Crippen LogP contribution in [0, 0.1) is 13.8 Å². The summed E-state index contributed by atoms with van der Waals surface area (Å²) in [5, 5.41) is 27.3. The first-order valence-corrected chi connectivity index (χ1v) is 8.43. The Morgan fingerprint density at radius 1 is 1.37 bits per heavy atom. The molecule has 0 unspecified atom stereocenters. The zero-order valence-electron chi connectivity index (χ0n) is 14.9. The lowest BCUT2D eigenvalue weighted by molar-refractivity contribution is -0.137. The Bertz CT molecular complexity index is 894. The number of aryl methyl sites for hydroxylation is 2. The number of amides is 1. The number of nitrogen functional groups attached to an aromatic ring is 1. The van der Waals surface area contributed by atoms with E-state index in [0.29, 0.717) is 6.54 Å². The van der Waals surface area contributed by atoms with Crippen LogP contribution in [-0.2, 0) is 16.1 Å². The number of anilines is 1. The van der Waals surface area contributed by atoms with Crippen molar-refractivity contribution in [1.29, 1.82) is 0 Å². The third kappa shape index (κ3) is 3.84. The number of hydrogen-bond donors (Lipinski definition) is 4. The summed E-state index contributed by atoms with van der Waals surface area (Å²) < 4.78 is 8.16. The Morgan fingerprint density at radius 2 is 2.11 bits per heavy atom. The molecule has 0 aromatic carbocycles. The van der Waals surface area contributed by atoms with Gasteiger partial charge in [-0.1, -0.05) is 0 Å². The van der Waals surface area contributed by atoms with Crippen molar-refractivity contribution in [2.45, 2.75) is 44.9 Å². The van der Waals surface area contributed by atoms with Crippen molar-refractivity contribution in [3.8, 4) is 0 Å². The first-order valence-electron chi connectivity index (χ1n) is 8.43. The number of nitrogens with one attached hydrogen (secondary N) is 1. The first-order chi connectivity index (χ1) is 12.8. The van der Waals surface area contributed by atoms with Gasteiger partial charge in [-0.2, -0.15) is 10.1 Å². The van der Waals surface area contributed by atoms with Crippen LogP contribution in [0.25, 0.3) is 0 Å². The molecule has 3 heterocycles. The largest absolute Gasteiger partial charge is 0.387 e. The van der Waals surface area contributed by atoms with Crippen molar-refractivity contribution in [2.24, 2.45) is 0 Å². The van der Waals surface area contributed by atoms with Gasteiger partial charge in [-0.05, 0) is 26.0 Å². The van der Waals surface area contributed by atoms with E-state index in [-0.39, 0.29) is 12.4 Å². The van der Waals surface area contributed by atoms with E-state index in [0.717, 1.165) is 16.0 Å². The molecule has 0 bridgehead atoms. The van der Waals surface area contributed by atoms with Crippen LogP contribution in [0.4, 0.5) is 5.82 Å². The number of aromatic nitrogens is 4. The van der Waals surface area contributed by atoms with Crippen molar-refractivity contribution in [2.75, 3.05) is 12.3 Å². The summed E-state index contributed by atoms with van der Waals surface area (Å²) in [5.74, 6) is -0.579. The summed E-state index contributed by atoms with van der Waals surface area (Å²) in [5.41, 5.74) is 6.52. The van der Waals surface area contributed by atoms with Gasteiger partial charge in [0.15, 0.2) is 12.3 Å². The molecule has 146 valence electrons. The number of nitrogens with zero attached hydrogens (tertiary/aromatic N) is 4. The van der Waals surface area contributed by atoms with Crippen LogP contribution >= 0.6 is 0 Å². The number of aliphatic hydroxyl groups is 2. The zero-order valence-corrected chi connectivity index (χ0v) is 14.9. The van der Waals surface area contributed by atoms with E-state index >= 15 is 0 Å². The minimum atomic E-state index is -1.49. The molecule has 11 heteroatoms. The molecule has 27 heavy (non-hydrogen) atoms. The third-order valence-electron chi connectivity index (χ3n) is 4.35. The molecule has 0 aliphatic carbocycles. The van der Waals surface area contributed by atoms with Gasteiger partial charge in [-0.15, -0.1) is 0 Å².